The van der Waals surface area contributed by atoms with Crippen LogP contribution in [0.5, 0.6) is 11.5 Å². The fourth-order valence-corrected chi connectivity index (χ4v) is 1.34. The van der Waals surface area contributed by atoms with Crippen LogP contribution in [-0.2, 0) is 0 Å². The molecule has 92 valence electrons. The van der Waals surface area contributed by atoms with Crippen LogP contribution in [0.15, 0.2) is 23.3 Å². The second-order valence-corrected chi connectivity index (χ2v) is 3.68. The lowest BCUT2D eigenvalue weighted by Gasteiger charge is -2.10. The third-order valence-corrected chi connectivity index (χ3v) is 2.22. The molecule has 0 aliphatic carbocycles. The predicted molar refractivity (Wildman–Crippen MR) is 71.7 cm³/mol. The summed E-state index contributed by atoms with van der Waals surface area (Å²) < 4.78 is 10.4. The van der Waals surface area contributed by atoms with Crippen molar-refractivity contribution in [3.8, 4) is 11.5 Å². The zero-order valence-electron chi connectivity index (χ0n) is 9.98. The number of hydrazone groups is 1. The van der Waals surface area contributed by atoms with Gasteiger partial charge in [-0.1, -0.05) is 0 Å². The molecule has 0 aliphatic rings. The SMILES string of the molecule is COc1ccc(OC)c(/C(C)=N\NC(N)=S)c1. The Balaban J connectivity index is 3.08. The van der Waals surface area contributed by atoms with Gasteiger partial charge in [0, 0.05) is 5.56 Å². The molecule has 0 saturated carbocycles. The van der Waals surface area contributed by atoms with Crippen molar-refractivity contribution in [3.63, 3.8) is 0 Å². The van der Waals surface area contributed by atoms with E-state index in [1.54, 1.807) is 14.2 Å². The van der Waals surface area contributed by atoms with E-state index in [1.807, 2.05) is 25.1 Å². The number of ether oxygens (including phenoxy) is 2. The van der Waals surface area contributed by atoms with Crippen molar-refractivity contribution < 1.29 is 9.47 Å². The minimum Gasteiger partial charge on any atom is -0.497 e. The first-order chi connectivity index (χ1) is 8.08. The fraction of sp³-hybridized carbons (Fsp3) is 0.273. The van der Waals surface area contributed by atoms with Gasteiger partial charge in [-0.25, -0.2) is 0 Å². The Kier molecular flexibility index (Phi) is 4.71. The molecule has 0 fully saturated rings. The zero-order chi connectivity index (χ0) is 12.8. The number of methoxy groups -OCH3 is 2. The molecule has 0 amide bonds. The van der Waals surface area contributed by atoms with Crippen molar-refractivity contribution in [2.45, 2.75) is 6.92 Å². The van der Waals surface area contributed by atoms with Crippen LogP contribution in [0.1, 0.15) is 12.5 Å². The summed E-state index contributed by atoms with van der Waals surface area (Å²) in [6, 6.07) is 5.46. The maximum Gasteiger partial charge on any atom is 0.184 e. The van der Waals surface area contributed by atoms with E-state index in [0.717, 1.165) is 11.3 Å². The quantitative estimate of drug-likeness (QED) is 0.480. The summed E-state index contributed by atoms with van der Waals surface area (Å²) in [5.41, 5.74) is 9.35. The van der Waals surface area contributed by atoms with E-state index in [4.69, 9.17) is 15.2 Å². The Hall–Kier alpha value is -1.82. The van der Waals surface area contributed by atoms with E-state index in [1.165, 1.54) is 0 Å². The Labute approximate surface area is 106 Å². The number of thiocarbonyl (C=S) groups is 1. The van der Waals surface area contributed by atoms with E-state index in [2.05, 4.69) is 22.7 Å². The first-order valence-electron chi connectivity index (χ1n) is 4.90. The molecular weight excluding hydrogens is 238 g/mol. The third-order valence-electron chi connectivity index (χ3n) is 2.13. The summed E-state index contributed by atoms with van der Waals surface area (Å²) in [7, 11) is 3.20. The average Bonchev–Trinajstić information content (AvgIpc) is 2.34. The smallest absolute Gasteiger partial charge is 0.184 e. The van der Waals surface area contributed by atoms with Crippen LogP contribution in [0.25, 0.3) is 0 Å². The highest BCUT2D eigenvalue weighted by atomic mass is 32.1. The van der Waals surface area contributed by atoms with Crippen molar-refractivity contribution in [1.82, 2.24) is 5.43 Å². The normalized spacial score (nSPS) is 10.9. The predicted octanol–water partition coefficient (Wildman–Crippen LogP) is 1.26. The second kappa shape index (κ2) is 6.05. The molecule has 0 radical (unpaired) electrons. The zero-order valence-corrected chi connectivity index (χ0v) is 10.8. The molecule has 0 aliphatic heterocycles. The molecule has 1 rings (SSSR count). The third kappa shape index (κ3) is 3.60. The van der Waals surface area contributed by atoms with Crippen molar-refractivity contribution in [2.24, 2.45) is 10.8 Å². The van der Waals surface area contributed by atoms with Gasteiger partial charge >= 0.3 is 0 Å². The monoisotopic (exact) mass is 253 g/mol. The minimum atomic E-state index is 0.117. The van der Waals surface area contributed by atoms with E-state index >= 15 is 0 Å². The van der Waals surface area contributed by atoms with Crippen molar-refractivity contribution >= 4 is 23.0 Å². The lowest BCUT2D eigenvalue weighted by molar-refractivity contribution is 0.402. The van der Waals surface area contributed by atoms with Crippen LogP contribution in [0.2, 0.25) is 0 Å². The van der Waals surface area contributed by atoms with Crippen molar-refractivity contribution in [2.75, 3.05) is 14.2 Å². The topological polar surface area (TPSA) is 68.9 Å². The Morgan fingerprint density at radius 1 is 1.35 bits per heavy atom. The van der Waals surface area contributed by atoms with Gasteiger partial charge in [0.15, 0.2) is 5.11 Å². The Bertz CT molecular complexity index is 446. The van der Waals surface area contributed by atoms with Crippen LogP contribution >= 0.6 is 12.2 Å². The van der Waals surface area contributed by atoms with Crippen LogP contribution < -0.4 is 20.6 Å². The number of nitrogens with zero attached hydrogens (tertiary/aromatic N) is 1. The molecule has 1 aromatic carbocycles. The molecule has 5 nitrogen and oxygen atoms in total. The first-order valence-corrected chi connectivity index (χ1v) is 5.31. The second-order valence-electron chi connectivity index (χ2n) is 3.24. The summed E-state index contributed by atoms with van der Waals surface area (Å²) >= 11 is 4.68. The molecule has 0 saturated heterocycles. The van der Waals surface area contributed by atoms with Crippen molar-refractivity contribution in [1.29, 1.82) is 0 Å². The molecule has 1 aromatic rings. The summed E-state index contributed by atoms with van der Waals surface area (Å²) in [6.07, 6.45) is 0. The maximum absolute atomic E-state index is 5.30. The lowest BCUT2D eigenvalue weighted by atomic mass is 10.1. The highest BCUT2D eigenvalue weighted by Gasteiger charge is 2.08. The standard InChI is InChI=1S/C11H15N3O2S/c1-7(13-14-11(12)17)9-6-8(15-2)4-5-10(9)16-3/h4-6H,1-3H3,(H3,12,14,17)/b13-7-. The van der Waals surface area contributed by atoms with Gasteiger partial charge in [0.25, 0.3) is 0 Å². The van der Waals surface area contributed by atoms with E-state index in [9.17, 15) is 0 Å². The van der Waals surface area contributed by atoms with Gasteiger partial charge in [-0.3, -0.25) is 5.43 Å². The fourth-order valence-electron chi connectivity index (χ4n) is 1.30. The maximum atomic E-state index is 5.30. The van der Waals surface area contributed by atoms with Gasteiger partial charge in [-0.05, 0) is 37.3 Å². The van der Waals surface area contributed by atoms with Crippen LogP contribution in [-0.4, -0.2) is 25.0 Å². The molecule has 17 heavy (non-hydrogen) atoms. The molecule has 0 unspecified atom stereocenters. The highest BCUT2D eigenvalue weighted by molar-refractivity contribution is 7.80. The van der Waals surface area contributed by atoms with Gasteiger partial charge in [-0.2, -0.15) is 5.10 Å². The molecular formula is C11H15N3O2S. The highest BCUT2D eigenvalue weighted by Crippen LogP contribution is 2.24. The van der Waals surface area contributed by atoms with Crippen LogP contribution in [0.3, 0.4) is 0 Å². The molecule has 0 spiro atoms. The largest absolute Gasteiger partial charge is 0.497 e. The van der Waals surface area contributed by atoms with Gasteiger partial charge in [-0.15, -0.1) is 0 Å². The molecule has 0 bridgehead atoms. The summed E-state index contributed by atoms with van der Waals surface area (Å²) in [5.74, 6) is 1.43. The van der Waals surface area contributed by atoms with Gasteiger partial charge in [0.1, 0.15) is 11.5 Å². The summed E-state index contributed by atoms with van der Waals surface area (Å²) in [4.78, 5) is 0. The Morgan fingerprint density at radius 3 is 2.59 bits per heavy atom. The summed E-state index contributed by atoms with van der Waals surface area (Å²) in [6.45, 7) is 1.82. The van der Waals surface area contributed by atoms with Gasteiger partial charge < -0.3 is 15.2 Å². The van der Waals surface area contributed by atoms with E-state index in [0.29, 0.717) is 11.5 Å². The molecule has 0 aromatic heterocycles. The van der Waals surface area contributed by atoms with E-state index < -0.39 is 0 Å². The molecule has 0 atom stereocenters. The minimum absolute atomic E-state index is 0.117. The van der Waals surface area contributed by atoms with Gasteiger partial charge in [0.2, 0.25) is 0 Å². The molecule has 6 heteroatoms. The van der Waals surface area contributed by atoms with Crippen LogP contribution in [0, 0.1) is 0 Å². The summed E-state index contributed by atoms with van der Waals surface area (Å²) in [5, 5.41) is 4.16. The number of rotatable bonds is 4. The number of hydrogen-bond donors (Lipinski definition) is 2. The number of nitrogens with two attached hydrogens (primary N) is 1. The van der Waals surface area contributed by atoms with E-state index in [-0.39, 0.29) is 5.11 Å². The van der Waals surface area contributed by atoms with Crippen molar-refractivity contribution in [3.05, 3.63) is 23.8 Å². The number of hydrogen-bond acceptors (Lipinski definition) is 4. The van der Waals surface area contributed by atoms with Gasteiger partial charge in [0.05, 0.1) is 19.9 Å². The lowest BCUT2D eigenvalue weighted by Crippen LogP contribution is -2.25. The number of nitrogens with one attached hydrogen (secondary N) is 1. The molecule has 0 heterocycles. The Morgan fingerprint density at radius 2 is 2.06 bits per heavy atom. The average molecular weight is 253 g/mol. The first kappa shape index (κ1) is 13.2. The number of benzene rings is 1. The molecule has 3 N–H and O–H groups in total. The van der Waals surface area contributed by atoms with Crippen LogP contribution in [0.4, 0.5) is 0 Å².